The Labute approximate surface area is 235 Å². The third-order valence-electron chi connectivity index (χ3n) is 4.21. The van der Waals surface area contributed by atoms with E-state index in [9.17, 15) is 24.0 Å². The molecule has 0 radical (unpaired) electrons. The molecule has 9 nitrogen and oxygen atoms in total. The Hall–Kier alpha value is -1.57. The fourth-order valence-electron chi connectivity index (χ4n) is 2.61. The number of allylic oxidation sites excluding steroid dienone is 3. The van der Waals surface area contributed by atoms with E-state index in [0.29, 0.717) is 20.3 Å². The van der Waals surface area contributed by atoms with Gasteiger partial charge in [-0.3, -0.25) is 0 Å². The van der Waals surface area contributed by atoms with Gasteiger partial charge >= 0.3 is 237 Å². The summed E-state index contributed by atoms with van der Waals surface area (Å²) in [5.74, 6) is -2.78. The second-order valence-corrected chi connectivity index (χ2v) is 16.0. The number of rotatable bonds is 7. The number of hydrogen-bond acceptors (Lipinski definition) is 13. The van der Waals surface area contributed by atoms with Crippen LogP contribution in [0.4, 0.5) is 0 Å². The molecule has 0 bridgehead atoms. The minimum atomic E-state index is -0.715. The van der Waals surface area contributed by atoms with Gasteiger partial charge in [-0.2, -0.15) is 0 Å². The topological polar surface area (TPSA) is 122 Å². The molecule has 0 aromatic rings. The number of methoxy groups -OCH3 is 4. The molecule has 0 amide bonds. The van der Waals surface area contributed by atoms with Crippen molar-refractivity contribution in [3.63, 3.8) is 0 Å². The monoisotopic (exact) mass is 700 g/mol. The molecular weight excluding hydrogens is 682 g/mol. The van der Waals surface area contributed by atoms with Gasteiger partial charge < -0.3 is 0 Å². The Morgan fingerprint density at radius 1 is 0.667 bits per heavy atom. The van der Waals surface area contributed by atoms with Crippen molar-refractivity contribution in [2.24, 2.45) is 0 Å². The molecule has 0 aromatic carbocycles. The molecule has 3 aliphatic rings. The van der Waals surface area contributed by atoms with Gasteiger partial charge in [-0.05, 0) is 0 Å². The fourth-order valence-corrected chi connectivity index (χ4v) is 12.6. The average molecular weight is 699 g/mol. The van der Waals surface area contributed by atoms with E-state index in [1.807, 2.05) is 9.95 Å². The van der Waals surface area contributed by atoms with Gasteiger partial charge in [-0.25, -0.2) is 0 Å². The number of carbonyl (C=O) groups is 5. The molecule has 0 saturated carbocycles. The summed E-state index contributed by atoms with van der Waals surface area (Å²) in [5.41, 5.74) is 0.901. The van der Waals surface area contributed by atoms with E-state index in [4.69, 9.17) is 18.9 Å². The standard InChI is InChI=1S/C21H16O9S4Se2/c1-27-16(23)12-13(17(24)28-2)32-11(31-12)7-9(21-35-5-6-36-21)10(8-22)20-33-14(18(25)29-3)15(34-20)19(26)30-4/h5-8H,1-4H3. The molecule has 3 aliphatic heterocycles. The first kappa shape index (κ1) is 29.0. The second kappa shape index (κ2) is 13.3. The molecule has 0 unspecified atom stereocenters. The van der Waals surface area contributed by atoms with Crippen LogP contribution < -0.4 is 0 Å². The SMILES string of the molecule is COC(=O)C1=C(C(=O)OC)SC(=CC(=C2[Se]C=C[Se]2)C(C=O)=C2SC(C(=O)OC)=C(C(=O)OC)S2)S1. The maximum atomic E-state index is 12.4. The van der Waals surface area contributed by atoms with E-state index < -0.39 is 23.9 Å². The van der Waals surface area contributed by atoms with E-state index in [1.54, 1.807) is 6.08 Å². The molecule has 0 N–H and O–H groups in total. The number of esters is 4. The first-order valence-corrected chi connectivity index (χ1v) is 16.4. The Balaban J connectivity index is 2.07. The Bertz CT molecular complexity index is 1160. The minimum absolute atomic E-state index is 0.0172. The van der Waals surface area contributed by atoms with Gasteiger partial charge in [0.2, 0.25) is 0 Å². The Morgan fingerprint density at radius 2 is 1.06 bits per heavy atom. The Kier molecular flexibility index (Phi) is 10.7. The molecule has 36 heavy (non-hydrogen) atoms. The van der Waals surface area contributed by atoms with Crippen molar-refractivity contribution < 1.29 is 42.9 Å². The summed E-state index contributed by atoms with van der Waals surface area (Å²) < 4.78 is 21.2. The molecule has 3 rings (SSSR count). The van der Waals surface area contributed by atoms with Gasteiger partial charge in [-0.1, -0.05) is 0 Å². The fraction of sp³-hybridized carbons (Fsp3) is 0.190. The van der Waals surface area contributed by atoms with Crippen molar-refractivity contribution in [1.29, 1.82) is 0 Å². The second-order valence-electron chi connectivity index (χ2n) is 6.18. The predicted octanol–water partition coefficient (Wildman–Crippen LogP) is 2.42. The number of hydrogen-bond donors (Lipinski definition) is 0. The molecule has 190 valence electrons. The van der Waals surface area contributed by atoms with Crippen molar-refractivity contribution in [2.45, 2.75) is 0 Å². The molecule has 15 heteroatoms. The normalized spacial score (nSPS) is 16.8. The van der Waals surface area contributed by atoms with Gasteiger partial charge in [0, 0.05) is 0 Å². The van der Waals surface area contributed by atoms with Crippen LogP contribution in [0.5, 0.6) is 0 Å². The molecule has 0 fully saturated rings. The van der Waals surface area contributed by atoms with Crippen LogP contribution in [0.3, 0.4) is 0 Å². The molecule has 0 atom stereocenters. The first-order valence-electron chi connectivity index (χ1n) is 9.46. The molecule has 0 aliphatic carbocycles. The average Bonchev–Trinajstić information content (AvgIpc) is 3.66. The third-order valence-corrected chi connectivity index (χ3v) is 15.1. The van der Waals surface area contributed by atoms with Crippen LogP contribution in [0, 0.1) is 0 Å². The van der Waals surface area contributed by atoms with Crippen molar-refractivity contribution >= 4 is 107 Å². The summed E-state index contributed by atoms with van der Waals surface area (Å²) in [6.45, 7) is 0. The zero-order valence-electron chi connectivity index (χ0n) is 18.9. The molecule has 0 spiro atoms. The van der Waals surface area contributed by atoms with Crippen molar-refractivity contribution in [1.82, 2.24) is 0 Å². The van der Waals surface area contributed by atoms with Crippen LogP contribution in [-0.4, -0.2) is 88.5 Å². The summed E-state index contributed by atoms with van der Waals surface area (Å²) >= 11 is 3.99. The van der Waals surface area contributed by atoms with E-state index in [-0.39, 0.29) is 55.1 Å². The van der Waals surface area contributed by atoms with Gasteiger partial charge in [0.15, 0.2) is 0 Å². The van der Waals surface area contributed by atoms with Crippen LogP contribution >= 0.6 is 47.0 Å². The number of carbonyl (C=O) groups excluding carboxylic acids is 5. The van der Waals surface area contributed by atoms with Crippen molar-refractivity contribution in [3.05, 3.63) is 58.6 Å². The van der Waals surface area contributed by atoms with Gasteiger partial charge in [0.1, 0.15) is 0 Å². The molecular formula is C21H16O9S4Se2. The summed E-state index contributed by atoms with van der Waals surface area (Å²) in [5, 5.41) is 0. The van der Waals surface area contributed by atoms with Crippen LogP contribution in [-0.2, 0) is 42.9 Å². The van der Waals surface area contributed by atoms with Crippen LogP contribution in [0.2, 0.25) is 0 Å². The van der Waals surface area contributed by atoms with Crippen molar-refractivity contribution in [2.75, 3.05) is 28.4 Å². The zero-order valence-corrected chi connectivity index (χ0v) is 25.6. The van der Waals surface area contributed by atoms with Gasteiger partial charge in [-0.15, -0.1) is 0 Å². The van der Waals surface area contributed by atoms with E-state index in [2.05, 4.69) is 0 Å². The van der Waals surface area contributed by atoms with Gasteiger partial charge in [0.05, 0.1) is 0 Å². The van der Waals surface area contributed by atoms with E-state index in [0.717, 1.165) is 50.4 Å². The third kappa shape index (κ3) is 6.28. The molecule has 0 saturated heterocycles. The number of ether oxygens (including phenoxy) is 4. The van der Waals surface area contributed by atoms with Crippen LogP contribution in [0.1, 0.15) is 0 Å². The number of thioether (sulfide) groups is 4. The summed E-state index contributed by atoms with van der Waals surface area (Å²) in [6.07, 6.45) is 2.42. The summed E-state index contributed by atoms with van der Waals surface area (Å²) in [7, 11) is 4.83. The predicted molar refractivity (Wildman–Crippen MR) is 141 cm³/mol. The number of aldehydes is 1. The summed E-state index contributed by atoms with van der Waals surface area (Å²) in [4.78, 5) is 65.9. The zero-order chi connectivity index (χ0) is 26.4. The Morgan fingerprint density at radius 3 is 1.42 bits per heavy atom. The van der Waals surface area contributed by atoms with E-state index >= 15 is 0 Å². The van der Waals surface area contributed by atoms with Crippen LogP contribution in [0.15, 0.2) is 58.6 Å². The maximum absolute atomic E-state index is 12.4. The van der Waals surface area contributed by atoms with Gasteiger partial charge in [0.25, 0.3) is 0 Å². The summed E-state index contributed by atoms with van der Waals surface area (Å²) in [6, 6.07) is 0. The first-order chi connectivity index (χ1) is 17.3. The quantitative estimate of drug-likeness (QED) is 0.127. The molecule has 0 aromatic heterocycles. The molecule has 3 heterocycles. The van der Waals surface area contributed by atoms with Crippen molar-refractivity contribution in [3.8, 4) is 0 Å². The van der Waals surface area contributed by atoms with Crippen LogP contribution in [0.25, 0.3) is 0 Å². The van der Waals surface area contributed by atoms with E-state index in [1.165, 1.54) is 28.4 Å².